The van der Waals surface area contributed by atoms with E-state index in [2.05, 4.69) is 24.5 Å². The second-order valence-corrected chi connectivity index (χ2v) is 9.07. The van der Waals surface area contributed by atoms with E-state index in [9.17, 15) is 9.59 Å². The molecule has 1 unspecified atom stereocenters. The number of hydrogen-bond acceptors (Lipinski definition) is 4. The van der Waals surface area contributed by atoms with Crippen molar-refractivity contribution in [2.75, 3.05) is 19.0 Å². The van der Waals surface area contributed by atoms with Gasteiger partial charge >= 0.3 is 0 Å². The van der Waals surface area contributed by atoms with Crippen molar-refractivity contribution in [1.82, 2.24) is 5.32 Å². The highest BCUT2D eigenvalue weighted by Gasteiger charge is 2.11. The van der Waals surface area contributed by atoms with E-state index in [1.807, 2.05) is 6.07 Å². The van der Waals surface area contributed by atoms with E-state index in [0.29, 0.717) is 11.3 Å². The molecule has 0 aliphatic heterocycles. The van der Waals surface area contributed by atoms with E-state index < -0.39 is 5.91 Å². The normalized spacial score (nSPS) is 11.8. The molecule has 1 rings (SSSR count). The molecule has 0 radical (unpaired) electrons. The Hall–Kier alpha value is -2.04. The van der Waals surface area contributed by atoms with Crippen molar-refractivity contribution in [2.45, 2.75) is 104 Å². The third-order valence-electron chi connectivity index (χ3n) is 5.99. The monoisotopic (exact) mass is 446 g/mol. The average Bonchev–Trinajstić information content (AvgIpc) is 2.77. The third kappa shape index (κ3) is 12.7. The molecule has 1 aromatic carbocycles. The van der Waals surface area contributed by atoms with Gasteiger partial charge in [-0.2, -0.15) is 0 Å². The van der Waals surface area contributed by atoms with Gasteiger partial charge in [-0.3, -0.25) is 14.9 Å². The van der Waals surface area contributed by atoms with Crippen LogP contribution in [0.25, 0.3) is 0 Å². The van der Waals surface area contributed by atoms with Crippen LogP contribution in [0.2, 0.25) is 0 Å². The predicted molar refractivity (Wildman–Crippen MR) is 134 cm³/mol. The molecule has 0 aliphatic rings. The molecule has 0 bridgehead atoms. The zero-order valence-electron chi connectivity index (χ0n) is 20.9. The zero-order chi connectivity index (χ0) is 23.6. The summed E-state index contributed by atoms with van der Waals surface area (Å²) in [6.07, 6.45) is 17.5. The molecule has 5 nitrogen and oxygen atoms in total. The number of amides is 2. The van der Waals surface area contributed by atoms with Crippen molar-refractivity contribution >= 4 is 17.5 Å². The van der Waals surface area contributed by atoms with E-state index >= 15 is 0 Å². The quantitative estimate of drug-likeness (QED) is 0.236. The summed E-state index contributed by atoms with van der Waals surface area (Å²) >= 11 is 0. The standard InChI is InChI=1S/C27H46N2O3/c1-5-6-7-8-9-10-11-13-16-22(2)17-14-12-15-20-28-25-19-18-24(21-26(25)32-4)27(31)29-23(3)30/h18-19,21-22,28H,5-17,20H2,1-4H3,(H,29,30,31). The van der Waals surface area contributed by atoms with Gasteiger partial charge in [0.05, 0.1) is 12.8 Å². The number of carbonyl (C=O) groups is 2. The van der Waals surface area contributed by atoms with Crippen LogP contribution in [0.3, 0.4) is 0 Å². The minimum absolute atomic E-state index is 0.372. The number of methoxy groups -OCH3 is 1. The summed E-state index contributed by atoms with van der Waals surface area (Å²) in [6, 6.07) is 5.20. The minimum atomic E-state index is -0.413. The fraction of sp³-hybridized carbons (Fsp3) is 0.704. The molecular weight excluding hydrogens is 400 g/mol. The van der Waals surface area contributed by atoms with Gasteiger partial charge in [-0.05, 0) is 30.5 Å². The Morgan fingerprint density at radius 2 is 1.50 bits per heavy atom. The number of imide groups is 1. The van der Waals surface area contributed by atoms with Crippen LogP contribution in [0.1, 0.15) is 115 Å². The molecule has 182 valence electrons. The van der Waals surface area contributed by atoms with Crippen LogP contribution in [0.4, 0.5) is 5.69 Å². The second kappa shape index (κ2) is 17.5. The van der Waals surface area contributed by atoms with E-state index in [4.69, 9.17) is 4.74 Å². The molecule has 0 fully saturated rings. The number of anilines is 1. The molecule has 1 aromatic rings. The molecule has 1 atom stereocenters. The van der Waals surface area contributed by atoms with E-state index in [1.165, 1.54) is 84.0 Å². The van der Waals surface area contributed by atoms with Crippen molar-refractivity contribution in [1.29, 1.82) is 0 Å². The SMILES string of the molecule is CCCCCCCCCCC(C)CCCCCNc1ccc(C(=O)NC(C)=O)cc1OC. The molecule has 2 amide bonds. The maximum Gasteiger partial charge on any atom is 0.257 e. The van der Waals surface area contributed by atoms with Gasteiger partial charge in [-0.15, -0.1) is 0 Å². The van der Waals surface area contributed by atoms with Crippen LogP contribution >= 0.6 is 0 Å². The first-order valence-corrected chi connectivity index (χ1v) is 12.7. The van der Waals surface area contributed by atoms with Gasteiger partial charge in [0.1, 0.15) is 5.75 Å². The first kappa shape index (κ1) is 28.0. The lowest BCUT2D eigenvalue weighted by Crippen LogP contribution is -2.27. The maximum atomic E-state index is 12.0. The topological polar surface area (TPSA) is 67.4 Å². The van der Waals surface area contributed by atoms with Crippen LogP contribution < -0.4 is 15.4 Å². The zero-order valence-corrected chi connectivity index (χ0v) is 20.9. The van der Waals surface area contributed by atoms with Gasteiger partial charge < -0.3 is 10.1 Å². The van der Waals surface area contributed by atoms with Crippen LogP contribution in [-0.4, -0.2) is 25.5 Å². The summed E-state index contributed by atoms with van der Waals surface area (Å²) < 4.78 is 5.40. The van der Waals surface area contributed by atoms with Crippen LogP contribution in [0, 0.1) is 5.92 Å². The van der Waals surface area contributed by atoms with Crippen molar-refractivity contribution in [3.05, 3.63) is 23.8 Å². The smallest absolute Gasteiger partial charge is 0.257 e. The Kier molecular flexibility index (Phi) is 15.3. The van der Waals surface area contributed by atoms with Crippen molar-refractivity contribution in [3.63, 3.8) is 0 Å². The maximum absolute atomic E-state index is 12.0. The van der Waals surface area contributed by atoms with Gasteiger partial charge in [0.15, 0.2) is 0 Å². The van der Waals surface area contributed by atoms with E-state index in [-0.39, 0.29) is 5.91 Å². The number of nitrogens with one attached hydrogen (secondary N) is 2. The number of hydrogen-bond donors (Lipinski definition) is 2. The summed E-state index contributed by atoms with van der Waals surface area (Å²) in [6.45, 7) is 6.87. The van der Waals surface area contributed by atoms with Crippen LogP contribution in [0.15, 0.2) is 18.2 Å². The number of unbranched alkanes of at least 4 members (excludes halogenated alkanes) is 9. The van der Waals surface area contributed by atoms with Gasteiger partial charge in [-0.1, -0.05) is 90.9 Å². The fourth-order valence-electron chi connectivity index (χ4n) is 4.00. The second-order valence-electron chi connectivity index (χ2n) is 9.07. The minimum Gasteiger partial charge on any atom is -0.495 e. The first-order valence-electron chi connectivity index (χ1n) is 12.7. The lowest BCUT2D eigenvalue weighted by atomic mass is 9.96. The van der Waals surface area contributed by atoms with Gasteiger partial charge in [0.2, 0.25) is 5.91 Å². The van der Waals surface area contributed by atoms with Crippen LogP contribution in [0.5, 0.6) is 5.75 Å². The highest BCUT2D eigenvalue weighted by atomic mass is 16.5. The molecule has 0 aliphatic carbocycles. The Morgan fingerprint density at radius 1 is 0.906 bits per heavy atom. The van der Waals surface area contributed by atoms with Crippen molar-refractivity contribution in [3.8, 4) is 5.75 Å². The summed E-state index contributed by atoms with van der Waals surface area (Å²) in [7, 11) is 1.58. The number of rotatable bonds is 18. The van der Waals surface area contributed by atoms with Gasteiger partial charge in [0.25, 0.3) is 5.91 Å². The Balaban J connectivity index is 2.14. The molecule has 0 saturated heterocycles. The molecule has 0 heterocycles. The Labute approximate surface area is 196 Å². The largest absolute Gasteiger partial charge is 0.495 e. The molecule has 0 spiro atoms. The van der Waals surface area contributed by atoms with Gasteiger partial charge in [0, 0.05) is 19.0 Å². The molecule has 5 heteroatoms. The molecule has 32 heavy (non-hydrogen) atoms. The highest BCUT2D eigenvalue weighted by molar-refractivity contribution is 6.04. The van der Waals surface area contributed by atoms with Crippen molar-refractivity contribution in [2.24, 2.45) is 5.92 Å². The molecule has 2 N–H and O–H groups in total. The lowest BCUT2D eigenvalue weighted by Gasteiger charge is -2.13. The summed E-state index contributed by atoms with van der Waals surface area (Å²) in [5.41, 5.74) is 1.28. The number of ether oxygens (including phenoxy) is 1. The number of carbonyl (C=O) groups excluding carboxylic acids is 2. The number of benzene rings is 1. The molecular formula is C27H46N2O3. The van der Waals surface area contributed by atoms with Gasteiger partial charge in [-0.25, -0.2) is 0 Å². The third-order valence-corrected chi connectivity index (χ3v) is 5.99. The molecule has 0 saturated carbocycles. The van der Waals surface area contributed by atoms with Crippen LogP contribution in [-0.2, 0) is 4.79 Å². The Morgan fingerprint density at radius 3 is 2.09 bits per heavy atom. The van der Waals surface area contributed by atoms with Crippen molar-refractivity contribution < 1.29 is 14.3 Å². The fourth-order valence-corrected chi connectivity index (χ4v) is 4.00. The van der Waals surface area contributed by atoms with E-state index in [0.717, 1.165) is 24.6 Å². The lowest BCUT2D eigenvalue weighted by molar-refractivity contribution is -0.118. The average molecular weight is 447 g/mol. The highest BCUT2D eigenvalue weighted by Crippen LogP contribution is 2.26. The summed E-state index contributed by atoms with van der Waals surface area (Å²) in [5, 5.41) is 5.68. The van der Waals surface area contributed by atoms with E-state index in [1.54, 1.807) is 19.2 Å². The first-order chi connectivity index (χ1) is 15.5. The Bertz CT molecular complexity index is 660. The summed E-state index contributed by atoms with van der Waals surface area (Å²) in [4.78, 5) is 23.0. The molecule has 0 aromatic heterocycles. The summed E-state index contributed by atoms with van der Waals surface area (Å²) in [5.74, 6) is 0.656. The predicted octanol–water partition coefficient (Wildman–Crippen LogP) is 7.11.